The average Bonchev–Trinajstić information content (AvgIpc) is 2.90. The molecule has 0 atom stereocenters. The van der Waals surface area contributed by atoms with E-state index in [9.17, 15) is 9.90 Å². The van der Waals surface area contributed by atoms with Crippen LogP contribution in [0, 0.1) is 6.92 Å². The van der Waals surface area contributed by atoms with E-state index in [2.05, 4.69) is 6.92 Å². The van der Waals surface area contributed by atoms with Crippen molar-refractivity contribution in [2.75, 3.05) is 0 Å². The number of unbranched alkanes of at least 4 members (excludes halogenated alkanes) is 1. The molecule has 0 radical (unpaired) electrons. The first-order valence-corrected chi connectivity index (χ1v) is 7.96. The Morgan fingerprint density at radius 3 is 2.57 bits per heavy atom. The molecular weight excluding hydrogens is 288 g/mol. The molecule has 0 aliphatic heterocycles. The smallest absolute Gasteiger partial charge is 0.197 e. The van der Waals surface area contributed by atoms with Gasteiger partial charge in [0.15, 0.2) is 5.78 Å². The Bertz CT molecular complexity index is 841. The van der Waals surface area contributed by atoms with Gasteiger partial charge in [-0.2, -0.15) is 0 Å². The fourth-order valence-electron chi connectivity index (χ4n) is 2.75. The summed E-state index contributed by atoms with van der Waals surface area (Å²) in [5.41, 5.74) is 2.97. The molecular formula is C20H20O3. The minimum atomic E-state index is -0.0551. The highest BCUT2D eigenvalue weighted by Crippen LogP contribution is 2.31. The van der Waals surface area contributed by atoms with Crippen LogP contribution in [0.4, 0.5) is 0 Å². The van der Waals surface area contributed by atoms with Gasteiger partial charge in [0.2, 0.25) is 0 Å². The van der Waals surface area contributed by atoms with Crippen molar-refractivity contribution in [3.8, 4) is 5.75 Å². The first kappa shape index (κ1) is 15.3. The number of aromatic hydroxyl groups is 1. The summed E-state index contributed by atoms with van der Waals surface area (Å²) < 4.78 is 5.89. The second kappa shape index (κ2) is 6.29. The predicted octanol–water partition coefficient (Wildman–Crippen LogP) is 5.02. The van der Waals surface area contributed by atoms with Gasteiger partial charge in [-0.1, -0.05) is 43.2 Å². The lowest BCUT2D eigenvalue weighted by atomic mass is 9.97. The van der Waals surface area contributed by atoms with Gasteiger partial charge in [0, 0.05) is 17.4 Å². The van der Waals surface area contributed by atoms with Gasteiger partial charge in [0.25, 0.3) is 0 Å². The monoisotopic (exact) mass is 308 g/mol. The lowest BCUT2D eigenvalue weighted by Crippen LogP contribution is -2.04. The highest BCUT2D eigenvalue weighted by Gasteiger charge is 2.22. The Hall–Kier alpha value is -2.55. The van der Waals surface area contributed by atoms with Crippen LogP contribution in [0.25, 0.3) is 11.0 Å². The molecule has 1 N–H and O–H groups in total. The molecule has 0 fully saturated rings. The largest absolute Gasteiger partial charge is 0.508 e. The maximum Gasteiger partial charge on any atom is 0.197 e. The lowest BCUT2D eigenvalue weighted by molar-refractivity contribution is 0.103. The summed E-state index contributed by atoms with van der Waals surface area (Å²) in [6.45, 7) is 4.10. The Morgan fingerprint density at radius 2 is 1.87 bits per heavy atom. The van der Waals surface area contributed by atoms with Gasteiger partial charge in [0.1, 0.15) is 17.1 Å². The number of hydrogen-bond donors (Lipinski definition) is 1. The van der Waals surface area contributed by atoms with Crippen LogP contribution in [0.1, 0.15) is 47.0 Å². The van der Waals surface area contributed by atoms with Crippen LogP contribution in [0.3, 0.4) is 0 Å². The summed E-state index contributed by atoms with van der Waals surface area (Å²) >= 11 is 0. The zero-order valence-corrected chi connectivity index (χ0v) is 13.4. The van der Waals surface area contributed by atoms with E-state index in [-0.39, 0.29) is 11.5 Å². The lowest BCUT2D eigenvalue weighted by Gasteiger charge is -2.03. The predicted molar refractivity (Wildman–Crippen MR) is 91.1 cm³/mol. The Morgan fingerprint density at radius 1 is 1.13 bits per heavy atom. The molecule has 3 nitrogen and oxygen atoms in total. The molecule has 0 bridgehead atoms. The van der Waals surface area contributed by atoms with Crippen LogP contribution in [0.2, 0.25) is 0 Å². The van der Waals surface area contributed by atoms with Crippen molar-refractivity contribution in [1.82, 2.24) is 0 Å². The third-order valence-electron chi connectivity index (χ3n) is 4.04. The second-order valence-corrected chi connectivity index (χ2v) is 5.88. The molecule has 3 aromatic rings. The van der Waals surface area contributed by atoms with Gasteiger partial charge in [-0.3, -0.25) is 4.79 Å². The SMILES string of the molecule is CCCCc1oc2ccc(O)cc2c1C(=O)c1ccc(C)cc1. The number of phenolic OH excluding ortho intramolecular Hbond substituents is 1. The summed E-state index contributed by atoms with van der Waals surface area (Å²) in [5, 5.41) is 10.5. The van der Waals surface area contributed by atoms with E-state index in [4.69, 9.17) is 4.42 Å². The minimum Gasteiger partial charge on any atom is -0.508 e. The van der Waals surface area contributed by atoms with E-state index in [0.29, 0.717) is 27.9 Å². The number of carbonyl (C=O) groups excluding carboxylic acids is 1. The van der Waals surface area contributed by atoms with Crippen molar-refractivity contribution >= 4 is 16.8 Å². The maximum atomic E-state index is 13.0. The number of furan rings is 1. The molecule has 3 heteroatoms. The first-order valence-electron chi connectivity index (χ1n) is 7.96. The maximum absolute atomic E-state index is 13.0. The molecule has 0 amide bonds. The fraction of sp³-hybridized carbons (Fsp3) is 0.250. The number of fused-ring (bicyclic) bond motifs is 1. The molecule has 3 rings (SSSR count). The standard InChI is InChI=1S/C20H20O3/c1-3-4-5-18-19(16-12-15(21)10-11-17(16)23-18)20(22)14-8-6-13(2)7-9-14/h6-12,21H,3-5H2,1-2H3. The molecule has 0 spiro atoms. The van der Waals surface area contributed by atoms with Crippen LogP contribution in [0.15, 0.2) is 46.9 Å². The molecule has 1 heterocycles. The number of ketones is 1. The van der Waals surface area contributed by atoms with Gasteiger partial charge in [0.05, 0.1) is 5.56 Å². The highest BCUT2D eigenvalue weighted by atomic mass is 16.3. The van der Waals surface area contributed by atoms with E-state index in [1.165, 1.54) is 0 Å². The number of aryl methyl sites for hydroxylation is 2. The normalized spacial score (nSPS) is 11.0. The minimum absolute atomic E-state index is 0.0551. The van der Waals surface area contributed by atoms with Gasteiger partial charge in [-0.25, -0.2) is 0 Å². The Balaban J connectivity index is 2.14. The number of phenols is 1. The summed E-state index contributed by atoms with van der Waals surface area (Å²) in [4.78, 5) is 13.0. The van der Waals surface area contributed by atoms with Crippen LogP contribution >= 0.6 is 0 Å². The van der Waals surface area contributed by atoms with Gasteiger partial charge in [-0.05, 0) is 31.5 Å². The van der Waals surface area contributed by atoms with Crippen LogP contribution in [0.5, 0.6) is 5.75 Å². The van der Waals surface area contributed by atoms with Crippen molar-refractivity contribution < 1.29 is 14.3 Å². The van der Waals surface area contributed by atoms with Crippen molar-refractivity contribution in [3.63, 3.8) is 0 Å². The van der Waals surface area contributed by atoms with Crippen LogP contribution < -0.4 is 0 Å². The van der Waals surface area contributed by atoms with E-state index < -0.39 is 0 Å². The highest BCUT2D eigenvalue weighted by molar-refractivity contribution is 6.17. The van der Waals surface area contributed by atoms with Gasteiger partial charge in [-0.15, -0.1) is 0 Å². The van der Waals surface area contributed by atoms with E-state index in [1.54, 1.807) is 18.2 Å². The average molecular weight is 308 g/mol. The number of rotatable bonds is 5. The van der Waals surface area contributed by atoms with Crippen molar-refractivity contribution in [2.45, 2.75) is 33.1 Å². The molecule has 0 saturated carbocycles. The van der Waals surface area contributed by atoms with Gasteiger partial charge < -0.3 is 9.52 Å². The Kier molecular flexibility index (Phi) is 4.20. The van der Waals surface area contributed by atoms with Crippen molar-refractivity contribution in [2.24, 2.45) is 0 Å². The zero-order chi connectivity index (χ0) is 16.4. The summed E-state index contributed by atoms with van der Waals surface area (Å²) in [7, 11) is 0. The van der Waals surface area contributed by atoms with E-state index in [0.717, 1.165) is 24.8 Å². The number of hydrogen-bond acceptors (Lipinski definition) is 3. The third kappa shape index (κ3) is 3.00. The molecule has 118 valence electrons. The van der Waals surface area contributed by atoms with Crippen LogP contribution in [-0.4, -0.2) is 10.9 Å². The Labute approximate surface area is 135 Å². The summed E-state index contributed by atoms with van der Waals surface area (Å²) in [5.74, 6) is 0.789. The number of carbonyl (C=O) groups is 1. The third-order valence-corrected chi connectivity index (χ3v) is 4.04. The molecule has 1 aromatic heterocycles. The number of benzene rings is 2. The fourth-order valence-corrected chi connectivity index (χ4v) is 2.75. The van der Waals surface area contributed by atoms with E-state index >= 15 is 0 Å². The quantitative estimate of drug-likeness (QED) is 0.673. The molecule has 23 heavy (non-hydrogen) atoms. The van der Waals surface area contributed by atoms with Crippen molar-refractivity contribution in [3.05, 3.63) is 64.9 Å². The summed E-state index contributed by atoms with van der Waals surface area (Å²) in [6.07, 6.45) is 2.71. The van der Waals surface area contributed by atoms with Crippen LogP contribution in [-0.2, 0) is 6.42 Å². The molecule has 0 saturated heterocycles. The summed E-state index contributed by atoms with van der Waals surface area (Å²) in [6, 6.07) is 12.4. The topological polar surface area (TPSA) is 50.4 Å². The van der Waals surface area contributed by atoms with E-state index in [1.807, 2.05) is 31.2 Å². The first-order chi connectivity index (χ1) is 11.1. The molecule has 0 unspecified atom stereocenters. The second-order valence-electron chi connectivity index (χ2n) is 5.88. The molecule has 2 aromatic carbocycles. The zero-order valence-electron chi connectivity index (χ0n) is 13.4. The molecule has 0 aliphatic carbocycles. The van der Waals surface area contributed by atoms with Gasteiger partial charge >= 0.3 is 0 Å². The molecule has 0 aliphatic rings. The van der Waals surface area contributed by atoms with Crippen molar-refractivity contribution in [1.29, 1.82) is 0 Å².